The fourth-order valence-electron chi connectivity index (χ4n) is 3.78. The van der Waals surface area contributed by atoms with Crippen LogP contribution in [0.1, 0.15) is 76.1 Å². The third-order valence-corrected chi connectivity index (χ3v) is 7.14. The van der Waals surface area contributed by atoms with Crippen molar-refractivity contribution in [1.82, 2.24) is 0 Å². The average molecular weight is 588 g/mol. The molecule has 0 aliphatic heterocycles. The normalized spacial score (nSPS) is 14.2. The summed E-state index contributed by atoms with van der Waals surface area (Å²) in [6.45, 7) is 13.4. The number of carboxylic acid groups (broad SMARTS) is 1. The van der Waals surface area contributed by atoms with Gasteiger partial charge in [-0.3, -0.25) is 4.79 Å². The Morgan fingerprint density at radius 2 is 1.22 bits per heavy atom. The molecule has 27 heavy (non-hydrogen) atoms. The largest absolute Gasteiger partial charge is 0.481 e. The van der Waals surface area contributed by atoms with Gasteiger partial charge in [-0.15, -0.1) is 0 Å². The molecule has 2 aromatic rings. The van der Waals surface area contributed by atoms with Crippen LogP contribution < -0.4 is 0 Å². The van der Waals surface area contributed by atoms with E-state index in [0.717, 1.165) is 0 Å². The molecule has 0 bridgehead atoms. The van der Waals surface area contributed by atoms with Gasteiger partial charge in [-0.1, -0.05) is 53.7 Å². The Kier molecular flexibility index (Phi) is 5.47. The lowest BCUT2D eigenvalue weighted by molar-refractivity contribution is -0.137. The fourth-order valence-corrected chi connectivity index (χ4v) is 5.78. The van der Waals surface area contributed by atoms with Gasteiger partial charge in [-0.2, -0.15) is 0 Å². The predicted molar refractivity (Wildman–Crippen MR) is 129 cm³/mol. The molecule has 0 unspecified atom stereocenters. The van der Waals surface area contributed by atoms with Gasteiger partial charge in [0.15, 0.2) is 0 Å². The molecule has 0 amide bonds. The number of carboxylic acids is 1. The van der Waals surface area contributed by atoms with Crippen LogP contribution in [0.4, 0.5) is 0 Å². The Hall–Kier alpha value is -0.630. The Balaban J connectivity index is 2.36. The summed E-state index contributed by atoms with van der Waals surface area (Å²) < 4.78 is 2.34. The van der Waals surface area contributed by atoms with E-state index in [-0.39, 0.29) is 23.2 Å². The SMILES string of the molecule is CC(C)(C)c1cc(I)c2c(c1)-c1cc(C(C)(C)C)cc(I)c1C2CC(=O)O. The maximum atomic E-state index is 11.6. The van der Waals surface area contributed by atoms with E-state index in [9.17, 15) is 9.90 Å². The zero-order chi connectivity index (χ0) is 20.3. The second-order valence-corrected chi connectivity index (χ2v) is 11.8. The quantitative estimate of drug-likeness (QED) is 0.381. The van der Waals surface area contributed by atoms with Gasteiger partial charge in [-0.25, -0.2) is 0 Å². The summed E-state index contributed by atoms with van der Waals surface area (Å²) in [4.78, 5) is 11.6. The summed E-state index contributed by atoms with van der Waals surface area (Å²) in [6.07, 6.45) is 0.135. The third kappa shape index (κ3) is 3.93. The molecule has 0 saturated heterocycles. The minimum Gasteiger partial charge on any atom is -0.481 e. The number of hydrogen-bond acceptors (Lipinski definition) is 1. The van der Waals surface area contributed by atoms with Crippen LogP contribution in [0, 0.1) is 7.14 Å². The lowest BCUT2D eigenvalue weighted by Gasteiger charge is -2.22. The molecule has 2 nitrogen and oxygen atoms in total. The first kappa shape index (κ1) is 21.1. The topological polar surface area (TPSA) is 37.3 Å². The molecule has 0 radical (unpaired) electrons. The Bertz CT molecular complexity index is 861. The number of carbonyl (C=O) groups is 1. The number of benzene rings is 2. The average Bonchev–Trinajstić information content (AvgIpc) is 2.80. The molecular formula is C23H26I2O2. The third-order valence-electron chi connectivity index (χ3n) is 5.36. The highest BCUT2D eigenvalue weighted by molar-refractivity contribution is 14.1. The van der Waals surface area contributed by atoms with E-state index in [0.29, 0.717) is 0 Å². The maximum absolute atomic E-state index is 11.6. The van der Waals surface area contributed by atoms with E-state index in [1.165, 1.54) is 40.5 Å². The van der Waals surface area contributed by atoms with E-state index >= 15 is 0 Å². The van der Waals surface area contributed by atoms with Gasteiger partial charge >= 0.3 is 5.97 Å². The summed E-state index contributed by atoms with van der Waals surface area (Å²) in [5.41, 5.74) is 7.50. The van der Waals surface area contributed by atoms with E-state index in [1.807, 2.05) is 0 Å². The minimum absolute atomic E-state index is 0.0504. The van der Waals surface area contributed by atoms with Crippen LogP contribution in [0.15, 0.2) is 24.3 Å². The summed E-state index contributed by atoms with van der Waals surface area (Å²) >= 11 is 4.79. The molecule has 0 fully saturated rings. The number of fused-ring (bicyclic) bond motifs is 3. The molecule has 1 aliphatic rings. The van der Waals surface area contributed by atoms with Crippen molar-refractivity contribution < 1.29 is 9.90 Å². The molecule has 0 saturated carbocycles. The number of rotatable bonds is 2. The lowest BCUT2D eigenvalue weighted by Crippen LogP contribution is -2.13. The monoisotopic (exact) mass is 588 g/mol. The molecule has 0 spiro atoms. The number of halogens is 2. The summed E-state index contributed by atoms with van der Waals surface area (Å²) in [5, 5.41) is 9.57. The highest BCUT2D eigenvalue weighted by Crippen LogP contribution is 2.52. The van der Waals surface area contributed by atoms with E-state index < -0.39 is 5.97 Å². The predicted octanol–water partition coefficient (Wildman–Crippen LogP) is 7.08. The zero-order valence-corrected chi connectivity index (χ0v) is 21.0. The summed E-state index contributed by atoms with van der Waals surface area (Å²) in [6, 6.07) is 9.05. The first-order valence-electron chi connectivity index (χ1n) is 9.20. The van der Waals surface area contributed by atoms with Crippen molar-refractivity contribution in [1.29, 1.82) is 0 Å². The first-order valence-corrected chi connectivity index (χ1v) is 11.4. The molecule has 0 atom stereocenters. The van der Waals surface area contributed by atoms with Gasteiger partial charge < -0.3 is 5.11 Å². The first-order chi connectivity index (χ1) is 12.3. The van der Waals surface area contributed by atoms with Crippen molar-refractivity contribution in [2.45, 2.75) is 64.7 Å². The van der Waals surface area contributed by atoms with Crippen molar-refractivity contribution in [3.05, 3.63) is 53.7 Å². The van der Waals surface area contributed by atoms with Crippen LogP contribution in [-0.4, -0.2) is 11.1 Å². The zero-order valence-electron chi connectivity index (χ0n) is 16.7. The molecule has 4 heteroatoms. The molecule has 3 rings (SSSR count). The molecule has 0 aromatic heterocycles. The van der Waals surface area contributed by atoms with Gasteiger partial charge in [0.1, 0.15) is 0 Å². The van der Waals surface area contributed by atoms with E-state index in [1.54, 1.807) is 0 Å². The van der Waals surface area contributed by atoms with Gasteiger partial charge in [0.05, 0.1) is 6.42 Å². The van der Waals surface area contributed by atoms with Gasteiger partial charge in [-0.05, 0) is 102 Å². The van der Waals surface area contributed by atoms with Crippen molar-refractivity contribution in [2.24, 2.45) is 0 Å². The second kappa shape index (κ2) is 7.01. The fraction of sp³-hybridized carbons (Fsp3) is 0.435. The molecule has 144 valence electrons. The van der Waals surface area contributed by atoms with Crippen LogP contribution in [0.2, 0.25) is 0 Å². The highest BCUT2D eigenvalue weighted by atomic mass is 127. The molecule has 0 heterocycles. The Morgan fingerprint density at radius 3 is 1.52 bits per heavy atom. The Morgan fingerprint density at radius 1 is 0.852 bits per heavy atom. The summed E-state index contributed by atoms with van der Waals surface area (Å²) in [7, 11) is 0. The van der Waals surface area contributed by atoms with Gasteiger partial charge in [0, 0.05) is 13.1 Å². The van der Waals surface area contributed by atoms with Crippen LogP contribution in [-0.2, 0) is 15.6 Å². The maximum Gasteiger partial charge on any atom is 0.304 e. The van der Waals surface area contributed by atoms with Crippen LogP contribution in [0.3, 0.4) is 0 Å². The van der Waals surface area contributed by atoms with Crippen molar-refractivity contribution in [2.75, 3.05) is 0 Å². The van der Waals surface area contributed by atoms with Crippen LogP contribution >= 0.6 is 45.2 Å². The van der Waals surface area contributed by atoms with E-state index in [2.05, 4.69) is 111 Å². The molecule has 1 aliphatic carbocycles. The van der Waals surface area contributed by atoms with Crippen LogP contribution in [0.5, 0.6) is 0 Å². The Labute approximate surface area is 189 Å². The summed E-state index contributed by atoms with van der Waals surface area (Å²) in [5.74, 6) is -0.820. The number of aliphatic carboxylic acids is 1. The van der Waals surface area contributed by atoms with Gasteiger partial charge in [0.25, 0.3) is 0 Å². The van der Waals surface area contributed by atoms with Crippen molar-refractivity contribution in [3.63, 3.8) is 0 Å². The molecule has 1 N–H and O–H groups in total. The lowest BCUT2D eigenvalue weighted by atomic mass is 9.83. The van der Waals surface area contributed by atoms with Crippen molar-refractivity contribution in [3.8, 4) is 11.1 Å². The van der Waals surface area contributed by atoms with E-state index in [4.69, 9.17) is 0 Å². The van der Waals surface area contributed by atoms with Crippen LogP contribution in [0.25, 0.3) is 11.1 Å². The highest BCUT2D eigenvalue weighted by Gasteiger charge is 2.36. The second-order valence-electron chi connectivity index (χ2n) is 9.49. The number of hydrogen-bond donors (Lipinski definition) is 1. The molecular weight excluding hydrogens is 562 g/mol. The van der Waals surface area contributed by atoms with Crippen molar-refractivity contribution >= 4 is 51.2 Å². The molecule has 2 aromatic carbocycles. The minimum atomic E-state index is -0.745. The van der Waals surface area contributed by atoms with Gasteiger partial charge in [0.2, 0.25) is 0 Å². The smallest absolute Gasteiger partial charge is 0.304 e. The standard InChI is InChI=1S/C23H26I2O2/c1-22(2,3)12-7-14-15-8-13(23(4,5)6)10-18(25)21(15)16(11-19(26)27)20(14)17(24)9-12/h7-10,16H,11H2,1-6H3,(H,26,27).